The predicted octanol–water partition coefficient (Wildman–Crippen LogP) is 0.678. The predicted molar refractivity (Wildman–Crippen MR) is 70.7 cm³/mol. The zero-order valence-corrected chi connectivity index (χ0v) is 11.3. The van der Waals surface area contributed by atoms with Crippen molar-refractivity contribution in [2.24, 2.45) is 5.92 Å². The highest BCUT2D eigenvalue weighted by atomic mass is 16.3. The molecule has 6 nitrogen and oxygen atoms in total. The normalized spacial score (nSPS) is 12.0. The van der Waals surface area contributed by atoms with Crippen molar-refractivity contribution in [3.05, 3.63) is 24.0 Å². The Kier molecular flexibility index (Phi) is 5.29. The summed E-state index contributed by atoms with van der Waals surface area (Å²) in [6, 6.07) is 0.725. The molecule has 2 amide bonds. The summed E-state index contributed by atoms with van der Waals surface area (Å²) in [5.74, 6) is -0.631. The van der Waals surface area contributed by atoms with Crippen LogP contribution in [0.5, 0.6) is 5.75 Å². The molecule has 1 heterocycles. The van der Waals surface area contributed by atoms with Gasteiger partial charge in [0.1, 0.15) is 11.8 Å². The molecule has 0 spiro atoms. The number of carbonyl (C=O) groups excluding carboxylic acids is 2. The van der Waals surface area contributed by atoms with Crippen molar-refractivity contribution in [1.82, 2.24) is 15.6 Å². The first-order chi connectivity index (χ1) is 8.91. The van der Waals surface area contributed by atoms with Gasteiger partial charge in [-0.05, 0) is 18.9 Å². The van der Waals surface area contributed by atoms with E-state index in [1.54, 1.807) is 6.92 Å². The fourth-order valence-corrected chi connectivity index (χ4v) is 1.38. The van der Waals surface area contributed by atoms with E-state index in [1.165, 1.54) is 18.5 Å². The van der Waals surface area contributed by atoms with Crippen LogP contribution in [-0.4, -0.2) is 34.5 Å². The molecule has 1 unspecified atom stereocenters. The number of nitrogens with one attached hydrogen (secondary N) is 2. The smallest absolute Gasteiger partial charge is 0.255 e. The summed E-state index contributed by atoms with van der Waals surface area (Å²) in [6.45, 7) is 6.11. The Hall–Kier alpha value is -2.11. The van der Waals surface area contributed by atoms with Crippen molar-refractivity contribution < 1.29 is 14.7 Å². The van der Waals surface area contributed by atoms with E-state index in [0.29, 0.717) is 12.5 Å². The average Bonchev–Trinajstić information content (AvgIpc) is 2.36. The quantitative estimate of drug-likeness (QED) is 0.730. The number of carbonyl (C=O) groups is 2. The second-order valence-corrected chi connectivity index (χ2v) is 4.73. The first kappa shape index (κ1) is 14.9. The van der Waals surface area contributed by atoms with Gasteiger partial charge in [-0.15, -0.1) is 0 Å². The lowest BCUT2D eigenvalue weighted by Gasteiger charge is -2.15. The second-order valence-electron chi connectivity index (χ2n) is 4.73. The Labute approximate surface area is 112 Å². The molecule has 1 aromatic rings. The molecule has 0 aliphatic carbocycles. The highest BCUT2D eigenvalue weighted by Gasteiger charge is 2.18. The van der Waals surface area contributed by atoms with Gasteiger partial charge in [-0.25, -0.2) is 0 Å². The molecule has 0 aliphatic heterocycles. The number of hydrogen-bond acceptors (Lipinski definition) is 4. The molecule has 0 radical (unpaired) electrons. The van der Waals surface area contributed by atoms with Crippen LogP contribution >= 0.6 is 0 Å². The lowest BCUT2D eigenvalue weighted by molar-refractivity contribution is -0.122. The van der Waals surface area contributed by atoms with E-state index in [0.717, 1.165) is 0 Å². The van der Waals surface area contributed by atoms with Crippen LogP contribution in [0.4, 0.5) is 0 Å². The third-order valence-corrected chi connectivity index (χ3v) is 2.47. The summed E-state index contributed by atoms with van der Waals surface area (Å²) in [4.78, 5) is 27.2. The van der Waals surface area contributed by atoms with Gasteiger partial charge in [0.2, 0.25) is 5.91 Å². The van der Waals surface area contributed by atoms with Crippen LogP contribution in [0.25, 0.3) is 0 Å². The molecule has 3 N–H and O–H groups in total. The average molecular weight is 265 g/mol. The Morgan fingerprint density at radius 1 is 1.37 bits per heavy atom. The second kappa shape index (κ2) is 6.72. The zero-order valence-electron chi connectivity index (χ0n) is 11.3. The molecule has 0 saturated heterocycles. The van der Waals surface area contributed by atoms with E-state index >= 15 is 0 Å². The minimum Gasteiger partial charge on any atom is -0.505 e. The summed E-state index contributed by atoms with van der Waals surface area (Å²) in [7, 11) is 0. The van der Waals surface area contributed by atoms with E-state index in [2.05, 4.69) is 15.6 Å². The lowest BCUT2D eigenvalue weighted by Crippen LogP contribution is -2.45. The van der Waals surface area contributed by atoms with E-state index in [-0.39, 0.29) is 17.2 Å². The third-order valence-electron chi connectivity index (χ3n) is 2.47. The van der Waals surface area contributed by atoms with Crippen LogP contribution in [0.2, 0.25) is 0 Å². The van der Waals surface area contributed by atoms with Crippen molar-refractivity contribution in [3.63, 3.8) is 0 Å². The standard InChI is InChI=1S/C13H19N3O3/c1-8(2)6-15-12(18)9(3)16-13(19)10-4-5-14-7-11(10)17/h4-5,7-9,17H,6H2,1-3H3,(H,15,18)(H,16,19). The first-order valence-electron chi connectivity index (χ1n) is 6.13. The van der Waals surface area contributed by atoms with Crippen molar-refractivity contribution in [3.8, 4) is 5.75 Å². The molecule has 1 atom stereocenters. The SMILES string of the molecule is CC(C)CNC(=O)C(C)NC(=O)c1ccncc1O. The van der Waals surface area contributed by atoms with Crippen LogP contribution in [0.1, 0.15) is 31.1 Å². The highest BCUT2D eigenvalue weighted by molar-refractivity contribution is 5.99. The van der Waals surface area contributed by atoms with Gasteiger partial charge in [0, 0.05) is 12.7 Å². The highest BCUT2D eigenvalue weighted by Crippen LogP contribution is 2.13. The van der Waals surface area contributed by atoms with Gasteiger partial charge < -0.3 is 15.7 Å². The first-order valence-corrected chi connectivity index (χ1v) is 6.13. The number of aromatic nitrogens is 1. The van der Waals surface area contributed by atoms with Crippen LogP contribution in [0.3, 0.4) is 0 Å². The largest absolute Gasteiger partial charge is 0.505 e. The summed E-state index contributed by atoms with van der Waals surface area (Å²) in [5, 5.41) is 14.7. The summed E-state index contributed by atoms with van der Waals surface area (Å²) in [5.41, 5.74) is 0.0958. The van der Waals surface area contributed by atoms with Crippen LogP contribution in [0.15, 0.2) is 18.5 Å². The van der Waals surface area contributed by atoms with Crippen LogP contribution < -0.4 is 10.6 Å². The molecular formula is C13H19N3O3. The molecule has 0 fully saturated rings. The fourth-order valence-electron chi connectivity index (χ4n) is 1.38. The van der Waals surface area contributed by atoms with E-state index in [9.17, 15) is 14.7 Å². The molecule has 0 saturated carbocycles. The monoisotopic (exact) mass is 265 g/mol. The molecule has 6 heteroatoms. The van der Waals surface area contributed by atoms with E-state index < -0.39 is 11.9 Å². The third kappa shape index (κ3) is 4.57. The Bertz CT molecular complexity index is 460. The fraction of sp³-hybridized carbons (Fsp3) is 0.462. The van der Waals surface area contributed by atoms with Gasteiger partial charge in [0.25, 0.3) is 5.91 Å². The molecule has 0 aromatic carbocycles. The maximum atomic E-state index is 11.8. The summed E-state index contributed by atoms with van der Waals surface area (Å²) < 4.78 is 0. The number of rotatable bonds is 5. The van der Waals surface area contributed by atoms with E-state index in [1.807, 2.05) is 13.8 Å². The number of hydrogen-bond donors (Lipinski definition) is 3. The van der Waals surface area contributed by atoms with Gasteiger partial charge >= 0.3 is 0 Å². The van der Waals surface area contributed by atoms with Crippen molar-refractivity contribution in [1.29, 1.82) is 0 Å². The summed E-state index contributed by atoms with van der Waals surface area (Å²) >= 11 is 0. The van der Waals surface area contributed by atoms with E-state index in [4.69, 9.17) is 0 Å². The molecule has 1 rings (SSSR count). The molecule has 104 valence electrons. The van der Waals surface area contributed by atoms with Gasteiger partial charge in [-0.3, -0.25) is 14.6 Å². The van der Waals surface area contributed by atoms with Gasteiger partial charge in [0.05, 0.1) is 11.8 Å². The molecule has 1 aromatic heterocycles. The Morgan fingerprint density at radius 3 is 2.63 bits per heavy atom. The van der Waals surface area contributed by atoms with Gasteiger partial charge in [-0.1, -0.05) is 13.8 Å². The molecule has 19 heavy (non-hydrogen) atoms. The maximum absolute atomic E-state index is 11.8. The number of nitrogens with zero attached hydrogens (tertiary/aromatic N) is 1. The minimum atomic E-state index is -0.668. The number of aromatic hydroxyl groups is 1. The lowest BCUT2D eigenvalue weighted by atomic mass is 10.2. The van der Waals surface area contributed by atoms with Gasteiger partial charge in [0.15, 0.2) is 0 Å². The number of pyridine rings is 1. The molecule has 0 aliphatic rings. The minimum absolute atomic E-state index is 0.0958. The number of amides is 2. The van der Waals surface area contributed by atoms with Gasteiger partial charge in [-0.2, -0.15) is 0 Å². The zero-order chi connectivity index (χ0) is 14.4. The van der Waals surface area contributed by atoms with Crippen molar-refractivity contribution >= 4 is 11.8 Å². The molecule has 0 bridgehead atoms. The maximum Gasteiger partial charge on any atom is 0.255 e. The topological polar surface area (TPSA) is 91.3 Å². The van der Waals surface area contributed by atoms with Crippen molar-refractivity contribution in [2.75, 3.05) is 6.54 Å². The summed E-state index contributed by atoms with van der Waals surface area (Å²) in [6.07, 6.45) is 2.58. The van der Waals surface area contributed by atoms with Crippen LogP contribution in [0, 0.1) is 5.92 Å². The Morgan fingerprint density at radius 2 is 2.05 bits per heavy atom. The Balaban J connectivity index is 2.57. The van der Waals surface area contributed by atoms with Crippen molar-refractivity contribution in [2.45, 2.75) is 26.8 Å². The molecular weight excluding hydrogens is 246 g/mol. The van der Waals surface area contributed by atoms with Crippen LogP contribution in [-0.2, 0) is 4.79 Å².